The Morgan fingerprint density at radius 2 is 0.647 bits per heavy atom. The number of nitro benzene ring substituents is 2. The van der Waals surface area contributed by atoms with Crippen LogP contribution in [0.5, 0.6) is 0 Å². The van der Waals surface area contributed by atoms with Gasteiger partial charge >= 0.3 is 5.97 Å². The molecule has 0 bridgehead atoms. The van der Waals surface area contributed by atoms with Crippen LogP contribution in [-0.2, 0) is 23.9 Å². The van der Waals surface area contributed by atoms with Gasteiger partial charge in [-0.05, 0) is 78.9 Å². The first-order valence-corrected chi connectivity index (χ1v) is 60.0. The first kappa shape index (κ1) is 108. The van der Waals surface area contributed by atoms with Gasteiger partial charge in [-0.3, -0.25) is 39.4 Å². The largest absolute Gasteiger partial charge is 0.454 e. The van der Waals surface area contributed by atoms with Crippen LogP contribution in [0.25, 0.3) is 0 Å². The van der Waals surface area contributed by atoms with Crippen LogP contribution >= 0.6 is 23.2 Å². The molecule has 18 nitrogen and oxygen atoms in total. The number of rotatable bonds is 21. The Kier molecular flexibility index (Phi) is 41.6. The van der Waals surface area contributed by atoms with Gasteiger partial charge in [0.25, 0.3) is 17.3 Å². The van der Waals surface area contributed by atoms with Gasteiger partial charge in [0, 0.05) is 92.6 Å². The molecule has 0 aliphatic heterocycles. The fraction of sp³-hybridized carbons (Fsp3) is 0.376. The number of carbonyl (C=O) groups is 10. The first-order chi connectivity index (χ1) is 54.2. The van der Waals surface area contributed by atoms with Gasteiger partial charge < -0.3 is 33.6 Å². The van der Waals surface area contributed by atoms with Gasteiger partial charge in [-0.1, -0.05) is 348 Å². The van der Waals surface area contributed by atoms with E-state index in [0.29, 0.717) is 26.6 Å². The molecule has 642 valence electrons. The molecule has 0 radical (unpaired) electrons. The summed E-state index contributed by atoms with van der Waals surface area (Å²) in [5.74, 6) is -1.77. The van der Waals surface area contributed by atoms with E-state index in [1.54, 1.807) is 111 Å². The van der Waals surface area contributed by atoms with Crippen LogP contribution in [0.15, 0.2) is 218 Å². The van der Waals surface area contributed by atoms with Crippen LogP contribution in [0.4, 0.5) is 11.4 Å². The second-order valence-electron chi connectivity index (χ2n) is 37.6. The lowest BCUT2D eigenvalue weighted by Crippen LogP contribution is -2.62. The number of ketones is 2. The fourth-order valence-electron chi connectivity index (χ4n) is 9.99. The van der Waals surface area contributed by atoms with Crippen molar-refractivity contribution in [3.8, 4) is 0 Å². The number of carbonyl (C=O) groups excluding carboxylic acids is 10. The quantitative estimate of drug-likeness (QED) is 0.0213. The lowest BCUT2D eigenvalue weighted by Gasteiger charge is -2.36. The van der Waals surface area contributed by atoms with E-state index >= 15 is 0 Å². The van der Waals surface area contributed by atoms with Crippen LogP contribution in [0, 0.1) is 42.4 Å². The summed E-state index contributed by atoms with van der Waals surface area (Å²) in [6.07, 6.45) is 0. The van der Waals surface area contributed by atoms with Crippen molar-refractivity contribution < 1.29 is 62.5 Å². The molecular weight excluding hydrogens is 1640 g/mol. The number of hydrogen-bond donors (Lipinski definition) is 0. The van der Waals surface area contributed by atoms with E-state index in [-0.39, 0.29) is 55.5 Å². The molecule has 0 unspecified atom stereocenters. The number of nitrogens with zero attached hydrogens (tertiary/aromatic N) is 3. The Bertz CT molecular complexity index is 4710. The van der Waals surface area contributed by atoms with Gasteiger partial charge in [0.2, 0.25) is 11.6 Å². The summed E-state index contributed by atoms with van der Waals surface area (Å²) >= 11 is 11.5. The smallest absolute Gasteiger partial charge is 0.375 e. The lowest BCUT2D eigenvalue weighted by molar-refractivity contribution is -0.385. The Labute approximate surface area is 723 Å². The highest BCUT2D eigenvalue weighted by atomic mass is 35.5. The minimum absolute atomic E-state index is 0.0159. The molecule has 0 aliphatic rings. The minimum atomic E-state index is -2.48. The van der Waals surface area contributed by atoms with Crippen LogP contribution in [-0.4, -0.2) is 139 Å². The third-order valence-electron chi connectivity index (χ3n) is 19.1. The van der Waals surface area contributed by atoms with E-state index < -0.39 is 92.4 Å². The molecule has 0 heterocycles. The van der Waals surface area contributed by atoms with E-state index in [2.05, 4.69) is 50.5 Å². The van der Waals surface area contributed by atoms with Crippen LogP contribution in [0.3, 0.4) is 0 Å². The van der Waals surface area contributed by atoms with Crippen LogP contribution in [0.1, 0.15) is 145 Å². The van der Waals surface area contributed by atoms with Crippen molar-refractivity contribution in [2.24, 2.45) is 22.2 Å². The zero-order chi connectivity index (χ0) is 92.2. The molecule has 8 aromatic carbocycles. The van der Waals surface area contributed by atoms with Gasteiger partial charge in [-0.2, -0.15) is 0 Å². The lowest BCUT2D eigenvalue weighted by atomic mass is 9.67. The highest BCUT2D eigenvalue weighted by Gasteiger charge is 2.45. The van der Waals surface area contributed by atoms with Gasteiger partial charge in [0.1, 0.15) is 73.0 Å². The monoisotopic (exact) mass is 1760 g/mol. The second kappa shape index (κ2) is 46.0. The van der Waals surface area contributed by atoms with Gasteiger partial charge in [-0.15, -0.1) is 0 Å². The summed E-state index contributed by atoms with van der Waals surface area (Å²) in [6, 6.07) is 65.5. The minimum Gasteiger partial charge on any atom is -0.454 e. The third-order valence-corrected chi connectivity index (χ3v) is 32.1. The summed E-state index contributed by atoms with van der Waals surface area (Å²) in [5.41, 5.74) is 1.99. The van der Waals surface area contributed by atoms with Crippen molar-refractivity contribution in [2.75, 3.05) is 14.1 Å². The van der Waals surface area contributed by atoms with E-state index in [1.165, 1.54) is 41.3 Å². The standard InChI is InChI=1S/C20H18OSi.C13H24O3.2C10H13ClOSi.2C10H13NO3Si.C10H19NO2.C10H14OSi/c1-22(18-13-7-3-8-14-18,19-15-9-4-10-16-19)20(21)17-11-5-2-6-12-17;1-11(2,3)13(7,8)9(14)10(15)16-12(4,5)6;1-13(2,3)10(12)8-4-6-9(11)7-5-8;1-13(2,3)10(12)8-5-4-6-9(11)7-8;1-15(2,3)10(12)8-4-6-9(7-5-8)11(13)14;1-15(2,3)10(12)8-5-4-6-9(7-8)11(13)14;1-7(2)10(3,4)8(12)9(13)11(5)6;1-12(2,3)10(11)9-7-5-4-6-8-9/h2-16H,1H3;1-8H3;2*4-7H,1-3H3;2*4-7H,1-3H3;7H,1-6H3;4-8H,1-3H3. The highest BCUT2D eigenvalue weighted by Crippen LogP contribution is 2.39. The molecule has 8 rings (SSSR count). The van der Waals surface area contributed by atoms with E-state index in [1.807, 2.05) is 222 Å². The predicted molar refractivity (Wildman–Crippen MR) is 505 cm³/mol. The van der Waals surface area contributed by atoms with Gasteiger partial charge in [0.05, 0.1) is 9.85 Å². The Morgan fingerprint density at radius 3 is 0.950 bits per heavy atom. The second-order valence-corrected chi connectivity index (χ2v) is 67.1. The zero-order valence-corrected chi connectivity index (χ0v) is 83.1. The molecule has 0 spiro atoms. The molecule has 0 fully saturated rings. The zero-order valence-electron chi connectivity index (χ0n) is 75.6. The number of amides is 1. The molecule has 0 N–H and O–H groups in total. The number of halogens is 2. The van der Waals surface area contributed by atoms with Crippen molar-refractivity contribution >= 4 is 149 Å². The van der Waals surface area contributed by atoms with Crippen molar-refractivity contribution in [1.82, 2.24) is 4.90 Å². The molecule has 0 saturated heterocycles. The predicted octanol–water partition coefficient (Wildman–Crippen LogP) is 22.5. The average molecular weight is 1770 g/mol. The van der Waals surface area contributed by atoms with Crippen LogP contribution in [0.2, 0.25) is 115 Å². The number of ether oxygens (including phenoxy) is 1. The Balaban J connectivity index is 0.000000686. The van der Waals surface area contributed by atoms with Crippen molar-refractivity contribution in [1.29, 1.82) is 0 Å². The summed E-state index contributed by atoms with van der Waals surface area (Å²) in [7, 11) is -8.14. The Hall–Kier alpha value is -9.26. The van der Waals surface area contributed by atoms with Crippen molar-refractivity contribution in [3.05, 3.63) is 282 Å². The number of nitro groups is 2. The molecule has 0 saturated carbocycles. The molecule has 0 atom stereocenters. The Morgan fingerprint density at radius 1 is 0.353 bits per heavy atom. The number of Topliss-reactive ketones (excluding diaryl/α,β-unsaturated/α-hetero) is 2. The van der Waals surface area contributed by atoms with E-state index in [4.69, 9.17) is 27.9 Å². The number of hydrogen-bond acceptors (Lipinski definition) is 15. The summed E-state index contributed by atoms with van der Waals surface area (Å²) in [6.45, 7) is 54.4. The number of esters is 1. The van der Waals surface area contributed by atoms with Crippen molar-refractivity contribution in [2.45, 2.75) is 193 Å². The number of benzene rings is 8. The normalized spacial score (nSPS) is 11.6. The third kappa shape index (κ3) is 35.5. The van der Waals surface area contributed by atoms with Crippen LogP contribution < -0.4 is 10.4 Å². The maximum atomic E-state index is 13.3. The maximum Gasteiger partial charge on any atom is 0.375 e. The fourth-order valence-corrected chi connectivity index (χ4v) is 18.8. The first-order valence-electron chi connectivity index (χ1n) is 39.2. The summed E-state index contributed by atoms with van der Waals surface area (Å²) in [4.78, 5) is 140. The molecule has 119 heavy (non-hydrogen) atoms. The molecular formula is C93H127Cl2N3O15Si6. The number of non-ortho nitro benzene ring substituents is 2. The van der Waals surface area contributed by atoms with Crippen molar-refractivity contribution in [3.63, 3.8) is 0 Å². The van der Waals surface area contributed by atoms with Gasteiger partial charge in [0.15, 0.2) is 13.5 Å². The topological polar surface area (TPSA) is 269 Å². The molecule has 1 amide bonds. The maximum absolute atomic E-state index is 13.3. The summed E-state index contributed by atoms with van der Waals surface area (Å²) in [5, 5.41) is 25.8. The highest BCUT2D eigenvalue weighted by molar-refractivity contribution is 7.23. The molecule has 0 aliphatic carbocycles. The molecule has 0 aromatic heterocycles. The average Bonchev–Trinajstić information content (AvgIpc) is 0.766. The molecule has 26 heteroatoms. The van der Waals surface area contributed by atoms with Gasteiger partial charge in [-0.25, -0.2) is 4.79 Å². The van der Waals surface area contributed by atoms with E-state index in [0.717, 1.165) is 32.6 Å². The van der Waals surface area contributed by atoms with E-state index in [9.17, 15) is 68.2 Å². The SMILES string of the molecule is CC(C)(C)OC(=O)C(=O)C(C)(C)C(C)(C)C.CC(C)C(C)(C)C(=O)C(=O)N(C)C.C[Si](C(=O)c1ccccc1)(c1ccccc1)c1ccccc1.C[Si](C)(C)C(=O)c1ccc(Cl)cc1.C[Si](C)(C)C(=O)c1ccc([N+](=O)[O-])cc1.C[Si](C)(C)C(=O)c1cccc(Cl)c1.C[Si](C)(C)C(=O)c1cccc([N+](=O)[O-])c1.C[Si](C)(C)C(=O)c1ccccc1. The summed E-state index contributed by atoms with van der Waals surface area (Å²) < 4.78 is 5.09. The molecule has 8 aromatic rings. The number of likely N-dealkylation sites (N-methyl/N-ethyl adjacent to an activating group) is 1.